The second-order valence-electron chi connectivity index (χ2n) is 8.57. The lowest BCUT2D eigenvalue weighted by molar-refractivity contribution is -0.142. The average molecular weight is 536 g/mol. The van der Waals surface area contributed by atoms with Crippen LogP contribution in [0.5, 0.6) is 0 Å². The van der Waals surface area contributed by atoms with Crippen LogP contribution < -0.4 is 0 Å². The number of imidazole rings is 1. The van der Waals surface area contributed by atoms with E-state index >= 15 is 0 Å². The lowest BCUT2D eigenvalue weighted by Crippen LogP contribution is -2.21. The minimum Gasteiger partial charge on any atom is -0.337 e. The van der Waals surface area contributed by atoms with Gasteiger partial charge in [0.1, 0.15) is 5.82 Å². The second-order valence-corrected chi connectivity index (χ2v) is 8.57. The largest absolute Gasteiger partial charge is 0.417 e. The molecule has 0 unspecified atom stereocenters. The van der Waals surface area contributed by atoms with E-state index in [1.165, 1.54) is 30.5 Å². The number of aromatic nitrogens is 2. The summed E-state index contributed by atoms with van der Waals surface area (Å²) in [7, 11) is 0. The number of hydrogen-bond acceptors (Lipinski definition) is 3. The van der Waals surface area contributed by atoms with Crippen LogP contribution in [0.15, 0.2) is 65.8 Å². The average Bonchev–Trinajstić information content (AvgIpc) is 3.28. The normalized spacial score (nSPS) is 13.6. The molecular weight excluding hydrogens is 520 g/mol. The molecule has 1 aliphatic heterocycles. The molecule has 2 heterocycles. The van der Waals surface area contributed by atoms with Crippen LogP contribution in [0.2, 0.25) is 0 Å². The Kier molecular flexibility index (Phi) is 6.20. The van der Waals surface area contributed by atoms with Gasteiger partial charge >= 0.3 is 12.4 Å². The maximum atomic E-state index is 14.1. The Balaban J connectivity index is 1.34. The molecule has 0 saturated carbocycles. The molecule has 0 radical (unpaired) electrons. The molecule has 0 amide bonds. The highest BCUT2D eigenvalue weighted by atomic mass is 19.4. The monoisotopic (exact) mass is 536 g/mol. The summed E-state index contributed by atoms with van der Waals surface area (Å²) in [6.45, 7) is 0.462. The highest BCUT2D eigenvalue weighted by molar-refractivity contribution is 5.80. The molecule has 1 N–H and O–H groups in total. The summed E-state index contributed by atoms with van der Waals surface area (Å²) in [4.78, 5) is 7.25. The molecule has 5 rings (SSSR count). The fourth-order valence-corrected chi connectivity index (χ4v) is 4.12. The van der Waals surface area contributed by atoms with E-state index in [2.05, 4.69) is 15.1 Å². The molecule has 1 aliphatic rings. The van der Waals surface area contributed by atoms with Gasteiger partial charge in [0.15, 0.2) is 11.6 Å². The number of halogens is 8. The van der Waals surface area contributed by atoms with Gasteiger partial charge in [-0.05, 0) is 41.0 Å². The Morgan fingerprint density at radius 2 is 1.58 bits per heavy atom. The van der Waals surface area contributed by atoms with Crippen molar-refractivity contribution in [3.63, 3.8) is 0 Å². The molecule has 4 nitrogen and oxygen atoms in total. The van der Waals surface area contributed by atoms with Gasteiger partial charge in [0, 0.05) is 0 Å². The van der Waals surface area contributed by atoms with Crippen LogP contribution >= 0.6 is 0 Å². The van der Waals surface area contributed by atoms with E-state index in [0.29, 0.717) is 23.0 Å². The van der Waals surface area contributed by atoms with Crippen molar-refractivity contribution in [2.24, 2.45) is 5.10 Å². The topological polar surface area (TPSA) is 44.3 Å². The summed E-state index contributed by atoms with van der Waals surface area (Å²) in [6, 6.07) is 11.2. The third-order valence-electron chi connectivity index (χ3n) is 5.98. The first-order chi connectivity index (χ1) is 17.9. The maximum absolute atomic E-state index is 14.1. The van der Waals surface area contributed by atoms with Gasteiger partial charge in [0.05, 0.1) is 47.4 Å². The fraction of sp³-hybridized carbons (Fsp3) is 0.154. The summed E-state index contributed by atoms with van der Waals surface area (Å²) >= 11 is 0. The highest BCUT2D eigenvalue weighted by Gasteiger charge is 2.38. The first kappa shape index (κ1) is 25.4. The van der Waals surface area contributed by atoms with Crippen molar-refractivity contribution in [1.82, 2.24) is 15.0 Å². The summed E-state index contributed by atoms with van der Waals surface area (Å²) in [5, 5.41) is 5.90. The van der Waals surface area contributed by atoms with Crippen LogP contribution in [-0.4, -0.2) is 21.2 Å². The van der Waals surface area contributed by atoms with Crippen molar-refractivity contribution in [1.29, 1.82) is 0 Å². The van der Waals surface area contributed by atoms with Crippen LogP contribution in [0.25, 0.3) is 22.5 Å². The first-order valence-corrected chi connectivity index (χ1v) is 11.1. The van der Waals surface area contributed by atoms with E-state index < -0.39 is 35.1 Å². The van der Waals surface area contributed by atoms with E-state index in [0.717, 1.165) is 12.1 Å². The number of aromatic amines is 1. The van der Waals surface area contributed by atoms with Crippen molar-refractivity contribution in [3.05, 3.63) is 100 Å². The van der Waals surface area contributed by atoms with Crippen molar-refractivity contribution < 1.29 is 35.1 Å². The third-order valence-corrected chi connectivity index (χ3v) is 5.98. The number of rotatable bonds is 4. The van der Waals surface area contributed by atoms with Gasteiger partial charge in [0.2, 0.25) is 0 Å². The molecular formula is C26H16F8N4. The van der Waals surface area contributed by atoms with Crippen molar-refractivity contribution in [2.75, 3.05) is 0 Å². The molecule has 0 fully saturated rings. The van der Waals surface area contributed by atoms with E-state index in [1.807, 2.05) is 0 Å². The van der Waals surface area contributed by atoms with E-state index in [1.54, 1.807) is 17.1 Å². The lowest BCUT2D eigenvalue weighted by atomic mass is 9.96. The van der Waals surface area contributed by atoms with Crippen molar-refractivity contribution >= 4 is 6.21 Å². The lowest BCUT2D eigenvalue weighted by Gasteiger charge is -2.21. The Hall–Kier alpha value is -4.22. The molecule has 3 aromatic carbocycles. The fourth-order valence-electron chi connectivity index (χ4n) is 4.12. The molecule has 4 aromatic rings. The zero-order valence-electron chi connectivity index (χ0n) is 19.1. The van der Waals surface area contributed by atoms with Crippen LogP contribution in [0.1, 0.15) is 28.1 Å². The van der Waals surface area contributed by atoms with Gasteiger partial charge in [-0.25, -0.2) is 13.8 Å². The van der Waals surface area contributed by atoms with Crippen molar-refractivity contribution in [2.45, 2.75) is 25.4 Å². The van der Waals surface area contributed by atoms with Crippen LogP contribution in [0.4, 0.5) is 35.1 Å². The van der Waals surface area contributed by atoms with Gasteiger partial charge in [-0.3, -0.25) is 5.01 Å². The smallest absolute Gasteiger partial charge is 0.337 e. The maximum Gasteiger partial charge on any atom is 0.417 e. The third kappa shape index (κ3) is 4.98. The number of alkyl halides is 6. The number of benzene rings is 3. The quantitative estimate of drug-likeness (QED) is 0.276. The Labute approximate surface area is 210 Å². The number of nitrogens with zero attached hydrogens (tertiary/aromatic N) is 3. The van der Waals surface area contributed by atoms with Gasteiger partial charge < -0.3 is 4.98 Å². The summed E-state index contributed by atoms with van der Waals surface area (Å²) in [6.07, 6.45) is -8.41. The Bertz CT molecular complexity index is 1520. The molecule has 196 valence electrons. The van der Waals surface area contributed by atoms with Gasteiger partial charge in [-0.2, -0.15) is 31.4 Å². The summed E-state index contributed by atoms with van der Waals surface area (Å²) in [5.41, 5.74) is -1.32. The summed E-state index contributed by atoms with van der Waals surface area (Å²) in [5.74, 6) is -1.90. The zero-order chi connectivity index (χ0) is 27.2. The molecule has 0 atom stereocenters. The standard InChI is InChI=1S/C26H16F8N4/c27-20-3-1-2-18(23(20)28)24-36-21-11-35-38(13-22(21)37-24)12-14-4-6-15(7-5-14)17-9-8-16(25(29,30)31)10-19(17)26(32,33)34/h1-11H,12-13H2,(H,36,37). The van der Waals surface area contributed by atoms with Gasteiger partial charge in [-0.1, -0.05) is 36.4 Å². The van der Waals surface area contributed by atoms with E-state index in [-0.39, 0.29) is 41.7 Å². The molecule has 38 heavy (non-hydrogen) atoms. The predicted molar refractivity (Wildman–Crippen MR) is 123 cm³/mol. The number of nitrogens with one attached hydrogen (secondary N) is 1. The molecule has 12 heteroatoms. The van der Waals surface area contributed by atoms with Crippen LogP contribution in [-0.2, 0) is 25.4 Å². The molecule has 0 saturated heterocycles. The zero-order valence-corrected chi connectivity index (χ0v) is 19.1. The second kappa shape index (κ2) is 9.26. The van der Waals surface area contributed by atoms with Gasteiger partial charge in [0.25, 0.3) is 0 Å². The Morgan fingerprint density at radius 3 is 2.26 bits per heavy atom. The van der Waals surface area contributed by atoms with Crippen LogP contribution in [0.3, 0.4) is 0 Å². The van der Waals surface area contributed by atoms with E-state index in [9.17, 15) is 35.1 Å². The number of H-pyrrole nitrogens is 1. The summed E-state index contributed by atoms with van der Waals surface area (Å²) < 4.78 is 107. The highest BCUT2D eigenvalue weighted by Crippen LogP contribution is 2.41. The number of hydrogen-bond donors (Lipinski definition) is 1. The SMILES string of the molecule is Fc1cccc(-c2nc3c([nH]2)C=NN(Cc2ccc(-c4ccc(C(F)(F)F)cc4C(F)(F)F)cc2)C3)c1F. The molecule has 0 bridgehead atoms. The molecule has 0 aliphatic carbocycles. The molecule has 0 spiro atoms. The number of hydrazone groups is 1. The van der Waals surface area contributed by atoms with E-state index in [4.69, 9.17) is 0 Å². The Morgan fingerprint density at radius 1 is 0.842 bits per heavy atom. The minimum absolute atomic E-state index is 0.0311. The number of fused-ring (bicyclic) bond motifs is 1. The first-order valence-electron chi connectivity index (χ1n) is 11.1. The van der Waals surface area contributed by atoms with Gasteiger partial charge in [-0.15, -0.1) is 0 Å². The predicted octanol–water partition coefficient (Wildman–Crippen LogP) is 7.41. The van der Waals surface area contributed by atoms with Crippen LogP contribution in [0, 0.1) is 11.6 Å². The van der Waals surface area contributed by atoms with Crippen molar-refractivity contribution in [3.8, 4) is 22.5 Å². The minimum atomic E-state index is -4.98. The molecule has 1 aromatic heterocycles.